The molecule has 0 aliphatic carbocycles. The number of hydrogen-bond donors (Lipinski definition) is 0. The van der Waals surface area contributed by atoms with Crippen LogP contribution in [0.4, 0.5) is 13.2 Å². The standard InChI is InChI=1S/C14H22F3NO2Si/c1-10(2)12(9-19-21(3,4)5)18-8-11-6-7-13(20-11)14(15,16)17/h6-8,10,12H,9H2,1-5H3/t12-/m0/s1. The summed E-state index contributed by atoms with van der Waals surface area (Å²) in [5.41, 5.74) is 0. The number of aliphatic imine (C=N–C) groups is 1. The third kappa shape index (κ3) is 6.47. The second-order valence-corrected chi connectivity index (χ2v) is 10.7. The number of halogens is 3. The van der Waals surface area contributed by atoms with Crippen molar-refractivity contribution in [2.75, 3.05) is 6.61 Å². The van der Waals surface area contributed by atoms with E-state index in [0.29, 0.717) is 6.61 Å². The Morgan fingerprint density at radius 1 is 1.29 bits per heavy atom. The summed E-state index contributed by atoms with van der Waals surface area (Å²) in [6.45, 7) is 10.7. The van der Waals surface area contributed by atoms with Crippen LogP contribution >= 0.6 is 0 Å². The number of hydrogen-bond acceptors (Lipinski definition) is 3. The first kappa shape index (κ1) is 18.0. The minimum absolute atomic E-state index is 0.0981. The van der Waals surface area contributed by atoms with E-state index in [2.05, 4.69) is 24.6 Å². The molecule has 0 aromatic carbocycles. The monoisotopic (exact) mass is 321 g/mol. The predicted molar refractivity (Wildman–Crippen MR) is 79.2 cm³/mol. The summed E-state index contributed by atoms with van der Waals surface area (Å²) in [4.78, 5) is 4.30. The molecule has 1 aromatic heterocycles. The van der Waals surface area contributed by atoms with Gasteiger partial charge < -0.3 is 8.84 Å². The molecule has 0 N–H and O–H groups in total. The van der Waals surface area contributed by atoms with E-state index in [0.717, 1.165) is 6.07 Å². The molecule has 1 aromatic rings. The molecule has 21 heavy (non-hydrogen) atoms. The average Bonchev–Trinajstić information content (AvgIpc) is 2.75. The molecule has 1 rings (SSSR count). The van der Waals surface area contributed by atoms with Crippen molar-refractivity contribution < 1.29 is 22.0 Å². The van der Waals surface area contributed by atoms with Crippen LogP contribution in [0.3, 0.4) is 0 Å². The molecule has 0 unspecified atom stereocenters. The topological polar surface area (TPSA) is 34.7 Å². The molecule has 0 radical (unpaired) electrons. The summed E-state index contributed by atoms with van der Waals surface area (Å²) in [6, 6.07) is 2.07. The molecular formula is C14H22F3NO2Si. The van der Waals surface area contributed by atoms with Crippen molar-refractivity contribution in [2.45, 2.75) is 45.7 Å². The Kier molecular flexibility index (Phi) is 5.80. The Hall–Kier alpha value is -1.08. The van der Waals surface area contributed by atoms with E-state index in [4.69, 9.17) is 8.84 Å². The van der Waals surface area contributed by atoms with E-state index in [1.165, 1.54) is 12.3 Å². The van der Waals surface area contributed by atoms with Crippen molar-refractivity contribution >= 4 is 14.5 Å². The van der Waals surface area contributed by atoms with Gasteiger partial charge in [0, 0.05) is 0 Å². The van der Waals surface area contributed by atoms with Gasteiger partial charge in [0.05, 0.1) is 18.9 Å². The Balaban J connectivity index is 2.72. The summed E-state index contributed by atoms with van der Waals surface area (Å²) >= 11 is 0. The SMILES string of the molecule is CC(C)[C@H](CO[Si](C)(C)C)N=Cc1ccc(C(F)(F)F)o1. The minimum Gasteiger partial charge on any atom is -0.451 e. The minimum atomic E-state index is -4.47. The molecule has 3 nitrogen and oxygen atoms in total. The maximum atomic E-state index is 12.4. The first-order chi connectivity index (χ1) is 9.49. The van der Waals surface area contributed by atoms with Gasteiger partial charge in [-0.15, -0.1) is 0 Å². The summed E-state index contributed by atoms with van der Waals surface area (Å²) in [7, 11) is -1.64. The van der Waals surface area contributed by atoms with Gasteiger partial charge in [0.1, 0.15) is 5.76 Å². The second-order valence-electron chi connectivity index (χ2n) is 6.21. The normalized spacial score (nSPS) is 15.1. The fourth-order valence-corrected chi connectivity index (χ4v) is 2.16. The van der Waals surface area contributed by atoms with Crippen LogP contribution < -0.4 is 0 Å². The third-order valence-corrected chi connectivity index (χ3v) is 3.79. The highest BCUT2D eigenvalue weighted by Gasteiger charge is 2.34. The van der Waals surface area contributed by atoms with Crippen LogP contribution in [0.25, 0.3) is 0 Å². The molecule has 0 bridgehead atoms. The molecule has 7 heteroatoms. The quantitative estimate of drug-likeness (QED) is 0.567. The van der Waals surface area contributed by atoms with Crippen molar-refractivity contribution in [2.24, 2.45) is 10.9 Å². The molecule has 1 atom stereocenters. The van der Waals surface area contributed by atoms with Gasteiger partial charge in [0.2, 0.25) is 5.76 Å². The fraction of sp³-hybridized carbons (Fsp3) is 0.643. The third-order valence-electron chi connectivity index (χ3n) is 2.76. The van der Waals surface area contributed by atoms with Gasteiger partial charge >= 0.3 is 6.18 Å². The molecule has 0 saturated carbocycles. The largest absolute Gasteiger partial charge is 0.451 e. The highest BCUT2D eigenvalue weighted by Crippen LogP contribution is 2.30. The lowest BCUT2D eigenvalue weighted by atomic mass is 10.1. The van der Waals surface area contributed by atoms with Gasteiger partial charge in [0.15, 0.2) is 8.32 Å². The average molecular weight is 321 g/mol. The number of rotatable bonds is 6. The number of alkyl halides is 3. The Bertz CT molecular complexity index is 475. The summed E-state index contributed by atoms with van der Waals surface area (Å²) in [5, 5.41) is 0. The van der Waals surface area contributed by atoms with Gasteiger partial charge in [-0.25, -0.2) is 0 Å². The molecule has 1 heterocycles. The van der Waals surface area contributed by atoms with Gasteiger partial charge in [-0.1, -0.05) is 13.8 Å². The zero-order valence-electron chi connectivity index (χ0n) is 13.0. The Labute approximate surface area is 124 Å². The highest BCUT2D eigenvalue weighted by atomic mass is 28.4. The van der Waals surface area contributed by atoms with Crippen molar-refractivity contribution in [1.29, 1.82) is 0 Å². The zero-order valence-corrected chi connectivity index (χ0v) is 14.0. The van der Waals surface area contributed by atoms with E-state index >= 15 is 0 Å². The van der Waals surface area contributed by atoms with Crippen LogP contribution in [0.1, 0.15) is 25.4 Å². The van der Waals surface area contributed by atoms with Crippen LogP contribution in [0.5, 0.6) is 0 Å². The smallest absolute Gasteiger partial charge is 0.449 e. The predicted octanol–water partition coefficient (Wildman–Crippen LogP) is 4.59. The van der Waals surface area contributed by atoms with Crippen molar-refractivity contribution in [3.63, 3.8) is 0 Å². The molecule has 0 aliphatic heterocycles. The summed E-state index contributed by atoms with van der Waals surface area (Å²) in [5.74, 6) is -0.681. The first-order valence-electron chi connectivity index (χ1n) is 6.83. The van der Waals surface area contributed by atoms with Gasteiger partial charge in [-0.05, 0) is 37.7 Å². The zero-order chi connectivity index (χ0) is 16.3. The molecule has 0 amide bonds. The Morgan fingerprint density at radius 2 is 1.90 bits per heavy atom. The van der Waals surface area contributed by atoms with E-state index < -0.39 is 20.3 Å². The van der Waals surface area contributed by atoms with Crippen LogP contribution in [-0.4, -0.2) is 27.2 Å². The first-order valence-corrected chi connectivity index (χ1v) is 10.2. The van der Waals surface area contributed by atoms with E-state index in [-0.39, 0.29) is 17.7 Å². The number of furan rings is 1. The van der Waals surface area contributed by atoms with Gasteiger partial charge in [0.25, 0.3) is 0 Å². The Morgan fingerprint density at radius 3 is 2.33 bits per heavy atom. The fourth-order valence-electron chi connectivity index (χ4n) is 1.49. The van der Waals surface area contributed by atoms with Crippen LogP contribution in [-0.2, 0) is 10.6 Å². The summed E-state index contributed by atoms with van der Waals surface area (Å²) < 4.78 is 47.8. The lowest BCUT2D eigenvalue weighted by Gasteiger charge is -2.23. The number of nitrogens with zero attached hydrogens (tertiary/aromatic N) is 1. The second kappa shape index (κ2) is 6.78. The lowest BCUT2D eigenvalue weighted by Crippen LogP contribution is -2.31. The summed E-state index contributed by atoms with van der Waals surface area (Å²) in [6.07, 6.45) is -3.13. The molecule has 0 spiro atoms. The molecule has 120 valence electrons. The molecule has 0 saturated heterocycles. The van der Waals surface area contributed by atoms with E-state index in [1.54, 1.807) is 0 Å². The van der Waals surface area contributed by atoms with Crippen LogP contribution in [0.15, 0.2) is 21.5 Å². The van der Waals surface area contributed by atoms with Crippen molar-refractivity contribution in [1.82, 2.24) is 0 Å². The highest BCUT2D eigenvalue weighted by molar-refractivity contribution is 6.69. The van der Waals surface area contributed by atoms with Gasteiger partial charge in [-0.2, -0.15) is 13.2 Å². The van der Waals surface area contributed by atoms with Gasteiger partial charge in [-0.3, -0.25) is 4.99 Å². The van der Waals surface area contributed by atoms with E-state index in [9.17, 15) is 13.2 Å². The van der Waals surface area contributed by atoms with Crippen LogP contribution in [0.2, 0.25) is 19.6 Å². The van der Waals surface area contributed by atoms with E-state index in [1.807, 2.05) is 13.8 Å². The maximum Gasteiger partial charge on any atom is 0.449 e. The molecule has 0 aliphatic rings. The van der Waals surface area contributed by atoms with Crippen molar-refractivity contribution in [3.05, 3.63) is 23.7 Å². The lowest BCUT2D eigenvalue weighted by molar-refractivity contribution is -0.153. The van der Waals surface area contributed by atoms with Crippen molar-refractivity contribution in [3.8, 4) is 0 Å². The maximum absolute atomic E-state index is 12.4. The van der Waals surface area contributed by atoms with Crippen LogP contribution in [0, 0.1) is 5.92 Å². The molecule has 0 fully saturated rings. The molecular weight excluding hydrogens is 299 g/mol.